The zero-order chi connectivity index (χ0) is 20.5. The molecule has 0 atom stereocenters. The first-order valence-electron chi connectivity index (χ1n) is 10.2. The monoisotopic (exact) mass is 407 g/mol. The fourth-order valence-electron chi connectivity index (χ4n) is 3.50. The summed E-state index contributed by atoms with van der Waals surface area (Å²) < 4.78 is 11.7. The summed E-state index contributed by atoms with van der Waals surface area (Å²) in [7, 11) is 2.08. The van der Waals surface area contributed by atoms with Gasteiger partial charge in [0.2, 0.25) is 5.90 Å². The molecule has 156 valence electrons. The second-order valence-corrected chi connectivity index (χ2v) is 10.1. The van der Waals surface area contributed by atoms with Gasteiger partial charge in [0.1, 0.15) is 23.4 Å². The van der Waals surface area contributed by atoms with Gasteiger partial charge in [-0.1, -0.05) is 13.8 Å². The molecule has 2 aliphatic rings. The zero-order valence-electron chi connectivity index (χ0n) is 17.9. The highest BCUT2D eigenvalue weighted by atomic mass is 32.1. The molecular weight excluding hydrogens is 374 g/mol. The Hall–Kier alpha value is -1.76. The Labute approximate surface area is 172 Å². The van der Waals surface area contributed by atoms with Gasteiger partial charge >= 0.3 is 6.09 Å². The van der Waals surface area contributed by atoms with Crippen LogP contribution in [0.5, 0.6) is 0 Å². The molecule has 1 fully saturated rings. The Balaban J connectivity index is 1.55. The minimum Gasteiger partial charge on any atom is -0.474 e. The summed E-state index contributed by atoms with van der Waals surface area (Å²) in [5, 5.41) is 4.23. The Bertz CT molecular complexity index is 728. The molecule has 0 unspecified atom stereocenters. The largest absolute Gasteiger partial charge is 0.474 e. The minimum absolute atomic E-state index is 0.147. The van der Waals surface area contributed by atoms with E-state index in [1.165, 1.54) is 9.88 Å². The molecule has 0 aromatic carbocycles. The van der Waals surface area contributed by atoms with Gasteiger partial charge < -0.3 is 19.7 Å². The second-order valence-electron chi connectivity index (χ2n) is 9.06. The third-order valence-electron chi connectivity index (χ3n) is 4.98. The van der Waals surface area contributed by atoms with Crippen molar-refractivity contribution in [1.82, 2.24) is 5.32 Å². The second kappa shape index (κ2) is 8.31. The smallest absolute Gasteiger partial charge is 0.407 e. The van der Waals surface area contributed by atoms with E-state index in [-0.39, 0.29) is 18.2 Å². The Kier molecular flexibility index (Phi) is 6.22. The lowest BCUT2D eigenvalue weighted by Gasteiger charge is -2.31. The standard InChI is InChI=1S/C21H33N3O3S/c1-13(2)17-11-16-18(22-12-24(6)19(16)28-17)26-15-9-7-14(8-10-15)23-20(25)27-21(3,4)5/h11,13-15H,7-10,12H2,1-6H3,(H,23,25). The maximum atomic E-state index is 12.0. The third-order valence-corrected chi connectivity index (χ3v) is 6.53. The number of ether oxygens (including phenoxy) is 2. The highest BCUT2D eigenvalue weighted by molar-refractivity contribution is 7.16. The summed E-state index contributed by atoms with van der Waals surface area (Å²) in [5.74, 6) is 1.28. The molecule has 1 aromatic heterocycles. The highest BCUT2D eigenvalue weighted by Gasteiger charge is 2.29. The molecule has 1 amide bonds. The van der Waals surface area contributed by atoms with Crippen molar-refractivity contribution >= 4 is 28.3 Å². The fraction of sp³-hybridized carbons (Fsp3) is 0.714. The van der Waals surface area contributed by atoms with Gasteiger partial charge in [-0.15, -0.1) is 11.3 Å². The van der Waals surface area contributed by atoms with E-state index in [9.17, 15) is 4.79 Å². The maximum Gasteiger partial charge on any atom is 0.407 e. The van der Waals surface area contributed by atoms with Crippen molar-refractivity contribution in [3.05, 3.63) is 16.5 Å². The van der Waals surface area contributed by atoms with E-state index >= 15 is 0 Å². The summed E-state index contributed by atoms with van der Waals surface area (Å²) >= 11 is 1.83. The van der Waals surface area contributed by atoms with Crippen LogP contribution in [0.4, 0.5) is 9.80 Å². The van der Waals surface area contributed by atoms with E-state index < -0.39 is 5.60 Å². The van der Waals surface area contributed by atoms with Crippen molar-refractivity contribution in [3.8, 4) is 0 Å². The number of aliphatic imine (C=N–C) groups is 1. The molecular formula is C21H33N3O3S. The summed E-state index contributed by atoms with van der Waals surface area (Å²) in [5.41, 5.74) is 0.653. The first-order chi connectivity index (χ1) is 13.1. The van der Waals surface area contributed by atoms with E-state index in [4.69, 9.17) is 9.47 Å². The zero-order valence-corrected chi connectivity index (χ0v) is 18.7. The van der Waals surface area contributed by atoms with Crippen molar-refractivity contribution in [3.63, 3.8) is 0 Å². The number of nitrogens with zero attached hydrogens (tertiary/aromatic N) is 2. The van der Waals surface area contributed by atoms with Crippen LogP contribution >= 0.6 is 11.3 Å². The Morgan fingerprint density at radius 2 is 1.96 bits per heavy atom. The van der Waals surface area contributed by atoms with Crippen LogP contribution in [0, 0.1) is 0 Å². The van der Waals surface area contributed by atoms with Crippen molar-refractivity contribution in [2.75, 3.05) is 18.6 Å². The first kappa shape index (κ1) is 21.0. The number of alkyl carbamates (subject to hydrolysis) is 1. The molecule has 7 heteroatoms. The summed E-state index contributed by atoms with van der Waals surface area (Å²) in [6.45, 7) is 10.7. The number of carbonyl (C=O) groups excluding carboxylic acids is 1. The van der Waals surface area contributed by atoms with E-state index in [1.54, 1.807) is 0 Å². The molecule has 0 spiro atoms. The molecule has 0 bridgehead atoms. The molecule has 1 aliphatic heterocycles. The fourth-order valence-corrected chi connectivity index (χ4v) is 4.60. The predicted octanol–water partition coefficient (Wildman–Crippen LogP) is 4.88. The number of thiophene rings is 1. The summed E-state index contributed by atoms with van der Waals surface area (Å²) in [6, 6.07) is 2.38. The van der Waals surface area contributed by atoms with Gasteiger partial charge in [0.25, 0.3) is 0 Å². The number of anilines is 1. The number of amides is 1. The van der Waals surface area contributed by atoms with E-state index in [1.807, 2.05) is 32.1 Å². The maximum absolute atomic E-state index is 12.0. The number of hydrogen-bond donors (Lipinski definition) is 1. The van der Waals surface area contributed by atoms with Crippen molar-refractivity contribution < 1.29 is 14.3 Å². The van der Waals surface area contributed by atoms with Crippen molar-refractivity contribution in [2.45, 2.75) is 84.0 Å². The number of nitrogens with one attached hydrogen (secondary N) is 1. The quantitative estimate of drug-likeness (QED) is 0.776. The van der Waals surface area contributed by atoms with Crippen LogP contribution in [-0.4, -0.2) is 43.5 Å². The molecule has 6 nitrogen and oxygen atoms in total. The minimum atomic E-state index is -0.468. The molecule has 2 heterocycles. The highest BCUT2D eigenvalue weighted by Crippen LogP contribution is 2.38. The van der Waals surface area contributed by atoms with E-state index in [2.05, 4.69) is 42.2 Å². The van der Waals surface area contributed by atoms with Gasteiger partial charge in [-0.05, 0) is 58.4 Å². The third kappa shape index (κ3) is 5.19. The van der Waals surface area contributed by atoms with Crippen LogP contribution in [0.25, 0.3) is 0 Å². The number of fused-ring (bicyclic) bond motifs is 1. The number of rotatable bonds is 3. The van der Waals surface area contributed by atoms with Crippen LogP contribution < -0.4 is 10.2 Å². The van der Waals surface area contributed by atoms with Crippen LogP contribution in [0.3, 0.4) is 0 Å². The summed E-state index contributed by atoms with van der Waals surface area (Å²) in [6.07, 6.45) is 3.42. The predicted molar refractivity (Wildman–Crippen MR) is 115 cm³/mol. The SMILES string of the molecule is CC(C)c1cc2c(s1)N(C)CN=C2OC1CCC(NC(=O)OC(C)(C)C)CC1. The van der Waals surface area contributed by atoms with Crippen LogP contribution in [0.15, 0.2) is 11.1 Å². The Morgan fingerprint density at radius 3 is 2.57 bits per heavy atom. The first-order valence-corrected chi connectivity index (χ1v) is 11.0. The van der Waals surface area contributed by atoms with Crippen LogP contribution in [0.2, 0.25) is 0 Å². The topological polar surface area (TPSA) is 63.2 Å². The van der Waals surface area contributed by atoms with Crippen molar-refractivity contribution in [2.24, 2.45) is 4.99 Å². The molecule has 3 rings (SSSR count). The van der Waals surface area contributed by atoms with E-state index in [0.717, 1.165) is 37.1 Å². The van der Waals surface area contributed by atoms with Gasteiger partial charge in [-0.2, -0.15) is 0 Å². The van der Waals surface area contributed by atoms with Gasteiger partial charge in [-0.3, -0.25) is 0 Å². The molecule has 1 N–H and O–H groups in total. The lowest BCUT2D eigenvalue weighted by molar-refractivity contribution is 0.0467. The molecule has 1 aromatic rings. The van der Waals surface area contributed by atoms with E-state index in [0.29, 0.717) is 12.6 Å². The molecule has 1 aliphatic carbocycles. The van der Waals surface area contributed by atoms with Gasteiger partial charge in [0, 0.05) is 18.0 Å². The lowest BCUT2D eigenvalue weighted by atomic mass is 9.93. The number of hydrogen-bond acceptors (Lipinski definition) is 6. The normalized spacial score (nSPS) is 22.5. The van der Waals surface area contributed by atoms with Crippen molar-refractivity contribution in [1.29, 1.82) is 0 Å². The Morgan fingerprint density at radius 1 is 1.29 bits per heavy atom. The van der Waals surface area contributed by atoms with Crippen LogP contribution in [0.1, 0.15) is 76.7 Å². The average molecular weight is 408 g/mol. The van der Waals surface area contributed by atoms with Gasteiger partial charge in [0.15, 0.2) is 0 Å². The lowest BCUT2D eigenvalue weighted by Crippen LogP contribution is -2.42. The molecule has 1 saturated carbocycles. The van der Waals surface area contributed by atoms with Gasteiger partial charge in [0.05, 0.1) is 5.56 Å². The van der Waals surface area contributed by atoms with Gasteiger partial charge in [-0.25, -0.2) is 9.79 Å². The molecule has 0 saturated heterocycles. The number of carbonyl (C=O) groups is 1. The molecule has 28 heavy (non-hydrogen) atoms. The van der Waals surface area contributed by atoms with Crippen LogP contribution in [-0.2, 0) is 9.47 Å². The average Bonchev–Trinajstić information content (AvgIpc) is 3.04. The summed E-state index contributed by atoms with van der Waals surface area (Å²) in [4.78, 5) is 20.2. The molecule has 0 radical (unpaired) electrons.